The topological polar surface area (TPSA) is 0 Å². The van der Waals surface area contributed by atoms with Crippen molar-refractivity contribution < 1.29 is 49.0 Å². The number of benzene rings is 4. The molecule has 0 saturated heterocycles. The van der Waals surface area contributed by atoms with Gasteiger partial charge in [0, 0.05) is 0 Å². The molecule has 0 heterocycles. The van der Waals surface area contributed by atoms with Gasteiger partial charge >= 0.3 is 66.0 Å². The van der Waals surface area contributed by atoms with Gasteiger partial charge in [0.1, 0.15) is 0 Å². The first-order valence-electron chi connectivity index (χ1n) is 13.8. The second-order valence-electron chi connectivity index (χ2n) is 10.0. The second-order valence-corrected chi connectivity index (χ2v) is 11.7. The van der Waals surface area contributed by atoms with Gasteiger partial charge in [-0.15, -0.1) is 46.2 Å². The fourth-order valence-corrected chi connectivity index (χ4v) is 6.01. The maximum absolute atomic E-state index is 2.99. The van der Waals surface area contributed by atoms with Gasteiger partial charge in [-0.25, -0.2) is 12.2 Å². The van der Waals surface area contributed by atoms with Gasteiger partial charge in [-0.05, 0) is 11.1 Å². The Bertz CT molecular complexity index is 1430. The van der Waals surface area contributed by atoms with E-state index in [1.54, 1.807) is 24.2 Å². The standard InChI is InChI=1S/C25H17.C7H12.C5H5.2ClH.Zr/c1-3-7-18(8-4-1)20-11-13-24-22(15-20)17-23-16-21(12-14-25(23)24)19-9-5-2-6-10-19;1-2-4-6-7-5-3-1;1-2-4-5-3-1;;;/h1-17H;1-6H2;1-3H,4H2;2*1H;/q-1;;-1;;;+2/p-2. The van der Waals surface area contributed by atoms with Crippen molar-refractivity contribution >= 4 is 24.8 Å². The van der Waals surface area contributed by atoms with Gasteiger partial charge in [0.25, 0.3) is 0 Å². The third-order valence-electron chi connectivity index (χ3n) is 7.21. The number of hydrogen-bond donors (Lipinski definition) is 0. The summed E-state index contributed by atoms with van der Waals surface area (Å²) >= 11 is 1.69. The summed E-state index contributed by atoms with van der Waals surface area (Å²) in [5.74, 6) is 0. The SMILES string of the molecule is [C-]1=CC=CC1.[Cl-].[Cl-].[Zr+2]=[C]1CCCCCC1.c1ccc(-c2ccc3c(c2)[cH-]c2cc(-c4ccccc4)ccc23)cc1. The van der Waals surface area contributed by atoms with E-state index in [1.807, 2.05) is 15.4 Å². The molecule has 40 heavy (non-hydrogen) atoms. The van der Waals surface area contributed by atoms with Crippen LogP contribution in [0.3, 0.4) is 0 Å². The fraction of sp³-hybridized carbons (Fsp3) is 0.189. The molecule has 2 aliphatic carbocycles. The second kappa shape index (κ2) is 16.7. The Kier molecular flexibility index (Phi) is 13.4. The molecule has 0 N–H and O–H groups in total. The summed E-state index contributed by atoms with van der Waals surface area (Å²) in [6.07, 6.45) is 18.8. The minimum absolute atomic E-state index is 0. The van der Waals surface area contributed by atoms with Crippen LogP contribution in [0.15, 0.2) is 121 Å². The smallest absolute Gasteiger partial charge is 0.0259 e. The molecule has 5 aromatic rings. The summed E-state index contributed by atoms with van der Waals surface area (Å²) in [7, 11) is 0. The molecule has 202 valence electrons. The van der Waals surface area contributed by atoms with Crippen LogP contribution < -0.4 is 24.8 Å². The third-order valence-corrected chi connectivity index (χ3v) is 8.44. The van der Waals surface area contributed by atoms with Crippen molar-refractivity contribution in [3.05, 3.63) is 127 Å². The molecule has 1 fully saturated rings. The summed E-state index contributed by atoms with van der Waals surface area (Å²) < 4.78 is 1.81. The van der Waals surface area contributed by atoms with E-state index in [9.17, 15) is 0 Å². The van der Waals surface area contributed by atoms with Crippen molar-refractivity contribution in [2.45, 2.75) is 44.9 Å². The van der Waals surface area contributed by atoms with E-state index in [-0.39, 0.29) is 24.8 Å². The molecule has 2 aliphatic rings. The zero-order valence-corrected chi connectivity index (χ0v) is 26.7. The van der Waals surface area contributed by atoms with E-state index in [1.165, 1.54) is 82.3 Å². The average Bonchev–Trinajstić information content (AvgIpc) is 3.62. The Morgan fingerprint density at radius 1 is 0.575 bits per heavy atom. The molecule has 0 amide bonds. The van der Waals surface area contributed by atoms with Crippen molar-refractivity contribution in [3.8, 4) is 22.3 Å². The Morgan fingerprint density at radius 3 is 1.48 bits per heavy atom. The van der Waals surface area contributed by atoms with Crippen LogP contribution in [0.25, 0.3) is 43.8 Å². The molecule has 0 aliphatic heterocycles. The van der Waals surface area contributed by atoms with Crippen LogP contribution in [0.4, 0.5) is 0 Å². The molecular weight excluding hydrogens is 607 g/mol. The molecule has 0 bridgehead atoms. The molecule has 5 aromatic carbocycles. The minimum atomic E-state index is 0. The predicted molar refractivity (Wildman–Crippen MR) is 162 cm³/mol. The van der Waals surface area contributed by atoms with Crippen LogP contribution in [0.1, 0.15) is 44.9 Å². The van der Waals surface area contributed by atoms with E-state index >= 15 is 0 Å². The van der Waals surface area contributed by atoms with Gasteiger partial charge in [-0.2, -0.15) is 6.08 Å². The van der Waals surface area contributed by atoms with Crippen LogP contribution in [0.2, 0.25) is 0 Å². The summed E-state index contributed by atoms with van der Waals surface area (Å²) in [5.41, 5.74) is 5.07. The number of rotatable bonds is 2. The van der Waals surface area contributed by atoms with Crippen molar-refractivity contribution in [2.24, 2.45) is 0 Å². The number of halogens is 2. The molecule has 1 saturated carbocycles. The predicted octanol–water partition coefficient (Wildman–Crippen LogP) is 4.42. The molecule has 0 atom stereocenters. The Hall–Kier alpha value is -2.44. The molecule has 0 radical (unpaired) electrons. The van der Waals surface area contributed by atoms with Crippen LogP contribution in [-0.4, -0.2) is 3.21 Å². The molecule has 7 rings (SSSR count). The normalized spacial score (nSPS) is 13.8. The van der Waals surface area contributed by atoms with Crippen LogP contribution in [0, 0.1) is 6.08 Å². The van der Waals surface area contributed by atoms with Crippen LogP contribution in [-0.2, 0) is 24.2 Å². The maximum atomic E-state index is 2.99. The van der Waals surface area contributed by atoms with E-state index < -0.39 is 0 Å². The van der Waals surface area contributed by atoms with E-state index in [4.69, 9.17) is 0 Å². The number of fused-ring (bicyclic) bond motifs is 3. The first-order chi connectivity index (χ1) is 18.8. The third kappa shape index (κ3) is 8.78. The molecule has 3 heteroatoms. The largest absolute Gasteiger partial charge is 0.126 e. The van der Waals surface area contributed by atoms with Crippen molar-refractivity contribution in [1.82, 2.24) is 0 Å². The molecule has 0 spiro atoms. The van der Waals surface area contributed by atoms with E-state index in [2.05, 4.69) is 115 Å². The van der Waals surface area contributed by atoms with Gasteiger partial charge in [-0.3, -0.25) is 6.08 Å². The van der Waals surface area contributed by atoms with E-state index in [0.29, 0.717) is 0 Å². The quantitative estimate of drug-likeness (QED) is 0.198. The monoisotopic (exact) mass is 638 g/mol. The van der Waals surface area contributed by atoms with Gasteiger partial charge in [0.15, 0.2) is 0 Å². The summed E-state index contributed by atoms with van der Waals surface area (Å²) in [4.78, 5) is 0. The average molecular weight is 641 g/mol. The van der Waals surface area contributed by atoms with Gasteiger partial charge < -0.3 is 24.8 Å². The maximum Gasteiger partial charge on any atom is -0.0259 e. The van der Waals surface area contributed by atoms with Gasteiger partial charge in [0.05, 0.1) is 0 Å². The zero-order chi connectivity index (χ0) is 26.0. The Balaban J connectivity index is 0.000000244. The molecule has 0 nitrogen and oxygen atoms in total. The summed E-state index contributed by atoms with van der Waals surface area (Å²) in [6.45, 7) is 0. The van der Waals surface area contributed by atoms with Crippen LogP contribution in [0.5, 0.6) is 0 Å². The van der Waals surface area contributed by atoms with Crippen molar-refractivity contribution in [2.75, 3.05) is 0 Å². The number of hydrogen-bond acceptors (Lipinski definition) is 0. The Morgan fingerprint density at radius 2 is 1.07 bits per heavy atom. The zero-order valence-electron chi connectivity index (χ0n) is 22.8. The Labute approximate surface area is 266 Å². The van der Waals surface area contributed by atoms with Crippen molar-refractivity contribution in [3.63, 3.8) is 0 Å². The van der Waals surface area contributed by atoms with Gasteiger partial charge in [-0.1, -0.05) is 96.1 Å². The van der Waals surface area contributed by atoms with Crippen molar-refractivity contribution in [1.29, 1.82) is 0 Å². The minimum Gasteiger partial charge on any atom is -0.126 e. The first kappa shape index (κ1) is 32.1. The first-order valence-corrected chi connectivity index (χ1v) is 15.0. The van der Waals surface area contributed by atoms with Crippen LogP contribution >= 0.6 is 0 Å². The molecule has 0 aromatic heterocycles. The molecule has 0 unspecified atom stereocenters. The van der Waals surface area contributed by atoms with E-state index in [0.717, 1.165) is 6.42 Å². The van der Waals surface area contributed by atoms with Gasteiger partial charge in [0.2, 0.25) is 0 Å². The fourth-order valence-electron chi connectivity index (χ4n) is 5.14. The molecular formula is C37H34Cl2Zr-2. The summed E-state index contributed by atoms with van der Waals surface area (Å²) in [6, 6.07) is 37.0. The number of allylic oxidation sites excluding steroid dienone is 4. The summed E-state index contributed by atoms with van der Waals surface area (Å²) in [5, 5.41) is 5.27.